The molecule has 28 heavy (non-hydrogen) atoms. The van der Waals surface area contributed by atoms with Gasteiger partial charge in [0, 0.05) is 43.6 Å². The monoisotopic (exact) mass is 399 g/mol. The van der Waals surface area contributed by atoms with Crippen molar-refractivity contribution in [2.75, 3.05) is 6.26 Å². The van der Waals surface area contributed by atoms with Crippen LogP contribution >= 0.6 is 0 Å². The van der Waals surface area contributed by atoms with Crippen molar-refractivity contribution < 1.29 is 13.7 Å². The highest BCUT2D eigenvalue weighted by molar-refractivity contribution is 7.84. The molecule has 2 aromatic carbocycles. The lowest BCUT2D eigenvalue weighted by molar-refractivity contribution is -0.0431. The van der Waals surface area contributed by atoms with Crippen LogP contribution in [0.5, 0.6) is 11.5 Å². The zero-order valence-electron chi connectivity index (χ0n) is 17.4. The maximum Gasteiger partial charge on any atom is 0.246 e. The second kappa shape index (κ2) is 6.89. The first-order chi connectivity index (χ1) is 13.1. The molecule has 0 bridgehead atoms. The van der Waals surface area contributed by atoms with E-state index in [-0.39, 0.29) is 5.54 Å². The minimum absolute atomic E-state index is 0.0428. The number of hydrogen-bond acceptors (Lipinski definition) is 4. The third kappa shape index (κ3) is 3.70. The molecule has 1 atom stereocenters. The van der Waals surface area contributed by atoms with Crippen LogP contribution in [0.1, 0.15) is 50.8 Å². The molecule has 0 aromatic heterocycles. The van der Waals surface area contributed by atoms with Crippen molar-refractivity contribution in [1.82, 2.24) is 4.90 Å². The van der Waals surface area contributed by atoms with Gasteiger partial charge in [-0.1, -0.05) is 18.2 Å². The van der Waals surface area contributed by atoms with E-state index in [1.165, 1.54) is 16.7 Å². The summed E-state index contributed by atoms with van der Waals surface area (Å²) in [6.45, 7) is 10.3. The molecule has 2 aliphatic heterocycles. The summed E-state index contributed by atoms with van der Waals surface area (Å²) in [5.41, 5.74) is 3.87. The van der Waals surface area contributed by atoms with Gasteiger partial charge in [-0.2, -0.15) is 0 Å². The van der Waals surface area contributed by atoms with Gasteiger partial charge in [0.25, 0.3) is 0 Å². The molecule has 2 aliphatic rings. The van der Waals surface area contributed by atoms with Crippen LogP contribution in [0.2, 0.25) is 0 Å². The lowest BCUT2D eigenvalue weighted by Crippen LogP contribution is -2.40. The fraction of sp³-hybridized carbons (Fsp3) is 0.478. The number of aryl methyl sites for hydroxylation is 1. The van der Waals surface area contributed by atoms with Crippen molar-refractivity contribution in [3.05, 3.63) is 53.1 Å². The van der Waals surface area contributed by atoms with Gasteiger partial charge in [0.05, 0.1) is 10.8 Å². The lowest BCUT2D eigenvalue weighted by atomic mass is 9.93. The minimum atomic E-state index is -0.945. The molecule has 0 aliphatic carbocycles. The molecule has 0 fully saturated rings. The van der Waals surface area contributed by atoms with Crippen LogP contribution in [0.3, 0.4) is 0 Å². The summed E-state index contributed by atoms with van der Waals surface area (Å²) in [6, 6.07) is 12.5. The molecule has 4 nitrogen and oxygen atoms in total. The summed E-state index contributed by atoms with van der Waals surface area (Å²) in [5.74, 6) is 1.07. The Kier molecular flexibility index (Phi) is 4.79. The van der Waals surface area contributed by atoms with Gasteiger partial charge >= 0.3 is 0 Å². The molecule has 150 valence electrons. The number of nitrogens with zero attached hydrogens (tertiary/aromatic N) is 1. The Hall–Kier alpha value is -1.85. The van der Waals surface area contributed by atoms with Gasteiger partial charge < -0.3 is 9.47 Å². The van der Waals surface area contributed by atoms with Crippen molar-refractivity contribution in [3.63, 3.8) is 0 Å². The highest BCUT2D eigenvalue weighted by Gasteiger charge is 2.34. The van der Waals surface area contributed by atoms with Crippen molar-refractivity contribution >= 4 is 10.8 Å². The van der Waals surface area contributed by atoms with Gasteiger partial charge in [-0.25, -0.2) is 0 Å². The smallest absolute Gasteiger partial charge is 0.246 e. The molecule has 2 aromatic rings. The Labute approximate surface area is 170 Å². The average molecular weight is 400 g/mol. The van der Waals surface area contributed by atoms with Crippen molar-refractivity contribution in [2.45, 2.75) is 69.8 Å². The largest absolute Gasteiger partial charge is 0.449 e. The van der Waals surface area contributed by atoms with E-state index < -0.39 is 16.6 Å². The number of benzene rings is 2. The topological polar surface area (TPSA) is 38.8 Å². The second-order valence-electron chi connectivity index (χ2n) is 8.90. The van der Waals surface area contributed by atoms with Crippen molar-refractivity contribution in [1.29, 1.82) is 0 Å². The predicted molar refractivity (Wildman–Crippen MR) is 112 cm³/mol. The Morgan fingerprint density at radius 2 is 1.86 bits per heavy atom. The molecule has 0 radical (unpaired) electrons. The van der Waals surface area contributed by atoms with Crippen LogP contribution in [0.25, 0.3) is 0 Å². The fourth-order valence-electron chi connectivity index (χ4n) is 4.12. The Balaban J connectivity index is 1.45. The maximum atomic E-state index is 12.1. The molecule has 0 saturated carbocycles. The van der Waals surface area contributed by atoms with E-state index in [9.17, 15) is 4.21 Å². The molecule has 5 heteroatoms. The molecular weight excluding hydrogens is 370 g/mol. The Bertz CT molecular complexity index is 935. The van der Waals surface area contributed by atoms with Crippen LogP contribution in [-0.4, -0.2) is 26.7 Å². The van der Waals surface area contributed by atoms with Gasteiger partial charge in [0.2, 0.25) is 5.79 Å². The van der Waals surface area contributed by atoms with Crippen LogP contribution < -0.4 is 9.47 Å². The lowest BCUT2D eigenvalue weighted by Gasteiger charge is -2.35. The molecule has 0 saturated heterocycles. The van der Waals surface area contributed by atoms with E-state index in [1.807, 2.05) is 32.0 Å². The molecule has 4 rings (SSSR count). The number of fused-ring (bicyclic) bond motifs is 2. The second-order valence-corrected chi connectivity index (χ2v) is 10.2. The first-order valence-corrected chi connectivity index (χ1v) is 11.4. The third-order valence-electron chi connectivity index (χ3n) is 5.85. The number of ether oxygens (including phenoxy) is 2. The summed E-state index contributed by atoms with van der Waals surface area (Å²) in [4.78, 5) is 3.48. The van der Waals surface area contributed by atoms with Crippen molar-refractivity contribution in [2.24, 2.45) is 0 Å². The van der Waals surface area contributed by atoms with Gasteiger partial charge in [-0.05, 0) is 61.6 Å². The van der Waals surface area contributed by atoms with Crippen LogP contribution in [-0.2, 0) is 30.3 Å². The van der Waals surface area contributed by atoms with E-state index >= 15 is 0 Å². The normalized spacial score (nSPS) is 18.9. The maximum absolute atomic E-state index is 12.1. The highest BCUT2D eigenvalue weighted by Crippen LogP contribution is 2.40. The summed E-state index contributed by atoms with van der Waals surface area (Å²) in [5, 5.41) is 0. The van der Waals surface area contributed by atoms with Gasteiger partial charge in [-0.15, -0.1) is 0 Å². The molecule has 2 heterocycles. The average Bonchev–Trinajstić information content (AvgIpc) is 3.18. The highest BCUT2D eigenvalue weighted by atomic mass is 32.2. The van der Waals surface area contributed by atoms with E-state index in [1.54, 1.807) is 6.26 Å². The zero-order chi connectivity index (χ0) is 20.1. The first kappa shape index (κ1) is 19.5. The molecule has 1 unspecified atom stereocenters. The summed E-state index contributed by atoms with van der Waals surface area (Å²) in [7, 11) is -0.945. The summed E-state index contributed by atoms with van der Waals surface area (Å²) >= 11 is 0. The Morgan fingerprint density at radius 1 is 1.11 bits per heavy atom. The van der Waals surface area contributed by atoms with Crippen LogP contribution in [0.15, 0.2) is 41.3 Å². The molecule has 0 spiro atoms. The predicted octanol–water partition coefficient (Wildman–Crippen LogP) is 4.66. The van der Waals surface area contributed by atoms with E-state index in [0.717, 1.165) is 42.3 Å². The molecular formula is C23H29NO3S. The van der Waals surface area contributed by atoms with Gasteiger partial charge in [0.15, 0.2) is 11.5 Å². The van der Waals surface area contributed by atoms with Gasteiger partial charge in [0.1, 0.15) is 0 Å². The van der Waals surface area contributed by atoms with E-state index in [0.29, 0.717) is 0 Å². The zero-order valence-corrected chi connectivity index (χ0v) is 18.2. The van der Waals surface area contributed by atoms with E-state index in [4.69, 9.17) is 9.47 Å². The SMILES string of the molecule is CS(=O)c1cccc2c1CN(C(C)(C)CCc1ccc3c(c1)OC(C)(C)O3)C2. The standard InChI is InChI=1S/C23H29NO3S/c1-22(2,24-14-17-7-6-8-21(28(5)25)18(17)15-24)12-11-16-9-10-19-20(13-16)27-23(3,4)26-19/h6-10,13H,11-12,14-15H2,1-5H3. The summed E-state index contributed by atoms with van der Waals surface area (Å²) in [6.07, 6.45) is 3.78. The number of rotatable bonds is 5. The van der Waals surface area contributed by atoms with Crippen LogP contribution in [0, 0.1) is 0 Å². The number of hydrogen-bond donors (Lipinski definition) is 0. The van der Waals surface area contributed by atoms with Crippen molar-refractivity contribution in [3.8, 4) is 11.5 Å². The Morgan fingerprint density at radius 3 is 2.61 bits per heavy atom. The van der Waals surface area contributed by atoms with Gasteiger partial charge in [-0.3, -0.25) is 9.11 Å². The molecule has 0 N–H and O–H groups in total. The molecule has 0 amide bonds. The summed E-state index contributed by atoms with van der Waals surface area (Å²) < 4.78 is 23.8. The third-order valence-corrected chi connectivity index (χ3v) is 6.85. The quantitative estimate of drug-likeness (QED) is 0.733. The minimum Gasteiger partial charge on any atom is -0.449 e. The fourth-order valence-corrected chi connectivity index (χ4v) is 4.93. The first-order valence-electron chi connectivity index (χ1n) is 9.85. The van der Waals surface area contributed by atoms with E-state index in [2.05, 4.69) is 36.9 Å². The van der Waals surface area contributed by atoms with Crippen LogP contribution in [0.4, 0.5) is 0 Å².